The minimum Gasteiger partial charge on any atom is -0.299 e. The molecular weight excluding hydrogens is 208 g/mol. The predicted molar refractivity (Wildman–Crippen MR) is 74.0 cm³/mol. The van der Waals surface area contributed by atoms with E-state index in [1.807, 2.05) is 0 Å². The monoisotopic (exact) mass is 232 g/mol. The Bertz CT molecular complexity index is 410. The van der Waals surface area contributed by atoms with Crippen LogP contribution in [-0.4, -0.2) is 16.1 Å². The smallest absolute Gasteiger partial charge is 0.0574 e. The Morgan fingerprint density at radius 2 is 1.47 bits per heavy atom. The second kappa shape index (κ2) is 3.74. The van der Waals surface area contributed by atoms with E-state index in [0.717, 1.165) is 6.54 Å². The predicted octanol–water partition coefficient (Wildman–Crippen LogP) is 3.82. The molecule has 0 amide bonds. The zero-order chi connectivity index (χ0) is 12.8. The SMILES string of the molecule is CC(C)(C)N1Cc2ccccc2N1C(C)(C)C. The molecule has 0 aromatic heterocycles. The molecule has 0 saturated carbocycles. The van der Waals surface area contributed by atoms with Gasteiger partial charge >= 0.3 is 0 Å². The molecule has 0 radical (unpaired) electrons. The van der Waals surface area contributed by atoms with E-state index in [1.54, 1.807) is 0 Å². The van der Waals surface area contributed by atoms with Crippen molar-refractivity contribution in [2.24, 2.45) is 0 Å². The van der Waals surface area contributed by atoms with E-state index in [9.17, 15) is 0 Å². The second-order valence-electron chi connectivity index (χ2n) is 6.84. The van der Waals surface area contributed by atoms with Crippen molar-refractivity contribution in [3.05, 3.63) is 29.8 Å². The molecule has 1 heterocycles. The van der Waals surface area contributed by atoms with Crippen molar-refractivity contribution in [3.63, 3.8) is 0 Å². The van der Waals surface area contributed by atoms with Crippen LogP contribution >= 0.6 is 0 Å². The number of anilines is 1. The number of para-hydroxylation sites is 1. The van der Waals surface area contributed by atoms with Gasteiger partial charge in [-0.15, -0.1) is 0 Å². The molecule has 0 bridgehead atoms. The van der Waals surface area contributed by atoms with Gasteiger partial charge in [-0.2, -0.15) is 0 Å². The molecule has 0 fully saturated rings. The van der Waals surface area contributed by atoms with E-state index < -0.39 is 0 Å². The highest BCUT2D eigenvalue weighted by Crippen LogP contribution is 2.39. The van der Waals surface area contributed by atoms with E-state index in [1.165, 1.54) is 11.3 Å². The van der Waals surface area contributed by atoms with Crippen LogP contribution in [0.5, 0.6) is 0 Å². The first kappa shape index (κ1) is 12.4. The second-order valence-corrected chi connectivity index (χ2v) is 6.84. The lowest BCUT2D eigenvalue weighted by molar-refractivity contribution is 0.0956. The van der Waals surface area contributed by atoms with Crippen molar-refractivity contribution >= 4 is 5.69 Å². The zero-order valence-electron chi connectivity index (χ0n) is 11.9. The average Bonchev–Trinajstić information content (AvgIpc) is 2.54. The number of hydrazine groups is 1. The van der Waals surface area contributed by atoms with Crippen LogP contribution < -0.4 is 5.01 Å². The molecule has 0 spiro atoms. The van der Waals surface area contributed by atoms with Gasteiger partial charge in [0.25, 0.3) is 0 Å². The van der Waals surface area contributed by atoms with Crippen LogP contribution in [0.15, 0.2) is 24.3 Å². The summed E-state index contributed by atoms with van der Waals surface area (Å²) in [7, 11) is 0. The highest BCUT2D eigenvalue weighted by Gasteiger charge is 2.39. The molecule has 94 valence electrons. The van der Waals surface area contributed by atoms with Crippen molar-refractivity contribution in [2.45, 2.75) is 59.2 Å². The van der Waals surface area contributed by atoms with Crippen molar-refractivity contribution in [3.8, 4) is 0 Å². The number of hydrogen-bond donors (Lipinski definition) is 0. The third kappa shape index (κ3) is 2.19. The Morgan fingerprint density at radius 1 is 0.882 bits per heavy atom. The molecule has 0 saturated heterocycles. The molecule has 2 rings (SSSR count). The maximum atomic E-state index is 2.47. The van der Waals surface area contributed by atoms with Gasteiger partial charge in [-0.25, -0.2) is 5.01 Å². The Morgan fingerprint density at radius 3 is 2.00 bits per heavy atom. The molecule has 2 nitrogen and oxygen atoms in total. The molecule has 2 heteroatoms. The zero-order valence-corrected chi connectivity index (χ0v) is 11.9. The van der Waals surface area contributed by atoms with Crippen LogP contribution in [-0.2, 0) is 6.54 Å². The molecule has 1 aromatic carbocycles. The Balaban J connectivity index is 2.48. The maximum absolute atomic E-state index is 2.47. The van der Waals surface area contributed by atoms with Gasteiger partial charge in [0, 0.05) is 17.6 Å². The summed E-state index contributed by atoms with van der Waals surface area (Å²) in [5, 5.41) is 4.92. The van der Waals surface area contributed by atoms with E-state index in [2.05, 4.69) is 75.8 Å². The maximum Gasteiger partial charge on any atom is 0.0574 e. The average molecular weight is 232 g/mol. The summed E-state index contributed by atoms with van der Waals surface area (Å²) in [5.74, 6) is 0. The standard InChI is InChI=1S/C15H24N2/c1-14(2,3)16-11-12-9-7-8-10-13(12)17(16)15(4,5)6/h7-10H,11H2,1-6H3. The van der Waals surface area contributed by atoms with E-state index in [4.69, 9.17) is 0 Å². The number of benzene rings is 1. The van der Waals surface area contributed by atoms with Crippen LogP contribution in [0.1, 0.15) is 47.1 Å². The molecule has 0 unspecified atom stereocenters. The number of hydrogen-bond acceptors (Lipinski definition) is 2. The summed E-state index contributed by atoms with van der Waals surface area (Å²) in [6.07, 6.45) is 0. The fourth-order valence-electron chi connectivity index (χ4n) is 2.47. The Kier molecular flexibility index (Phi) is 2.74. The number of fused-ring (bicyclic) bond motifs is 1. The van der Waals surface area contributed by atoms with Gasteiger partial charge < -0.3 is 0 Å². The molecule has 1 aromatic rings. The highest BCUT2D eigenvalue weighted by atomic mass is 15.7. The van der Waals surface area contributed by atoms with Crippen molar-refractivity contribution in [1.82, 2.24) is 5.01 Å². The highest BCUT2D eigenvalue weighted by molar-refractivity contribution is 5.58. The van der Waals surface area contributed by atoms with Crippen LogP contribution in [0, 0.1) is 0 Å². The third-order valence-corrected chi connectivity index (χ3v) is 3.19. The fourth-order valence-corrected chi connectivity index (χ4v) is 2.47. The number of rotatable bonds is 0. The van der Waals surface area contributed by atoms with Crippen LogP contribution in [0.3, 0.4) is 0 Å². The fraction of sp³-hybridized carbons (Fsp3) is 0.600. The van der Waals surface area contributed by atoms with Crippen LogP contribution in [0.4, 0.5) is 5.69 Å². The molecule has 0 N–H and O–H groups in total. The minimum absolute atomic E-state index is 0.111. The Labute approximate surface area is 105 Å². The largest absolute Gasteiger partial charge is 0.299 e. The van der Waals surface area contributed by atoms with Crippen molar-refractivity contribution < 1.29 is 0 Å². The van der Waals surface area contributed by atoms with Gasteiger partial charge in [0.15, 0.2) is 0 Å². The first-order valence-corrected chi connectivity index (χ1v) is 6.37. The first-order valence-electron chi connectivity index (χ1n) is 6.37. The van der Waals surface area contributed by atoms with Crippen LogP contribution in [0.2, 0.25) is 0 Å². The lowest BCUT2D eigenvalue weighted by Gasteiger charge is -2.47. The molecule has 1 aliphatic heterocycles. The van der Waals surface area contributed by atoms with E-state index in [0.29, 0.717) is 0 Å². The summed E-state index contributed by atoms with van der Waals surface area (Å²) in [5.41, 5.74) is 3.04. The lowest BCUT2D eigenvalue weighted by atomic mass is 10.1. The van der Waals surface area contributed by atoms with Crippen molar-refractivity contribution in [1.29, 1.82) is 0 Å². The summed E-state index contributed by atoms with van der Waals surface area (Å²) in [6, 6.07) is 8.72. The van der Waals surface area contributed by atoms with Gasteiger partial charge in [-0.1, -0.05) is 18.2 Å². The summed E-state index contributed by atoms with van der Waals surface area (Å²) >= 11 is 0. The quantitative estimate of drug-likeness (QED) is 0.671. The molecular formula is C15H24N2. The van der Waals surface area contributed by atoms with E-state index >= 15 is 0 Å². The van der Waals surface area contributed by atoms with Crippen molar-refractivity contribution in [2.75, 3.05) is 5.01 Å². The first-order chi connectivity index (χ1) is 7.71. The molecule has 17 heavy (non-hydrogen) atoms. The van der Waals surface area contributed by atoms with E-state index in [-0.39, 0.29) is 11.1 Å². The summed E-state index contributed by atoms with van der Waals surface area (Å²) < 4.78 is 0. The number of nitrogens with zero attached hydrogens (tertiary/aromatic N) is 2. The summed E-state index contributed by atoms with van der Waals surface area (Å²) in [6.45, 7) is 14.7. The molecule has 0 atom stereocenters. The minimum atomic E-state index is 0.111. The third-order valence-electron chi connectivity index (χ3n) is 3.19. The summed E-state index contributed by atoms with van der Waals surface area (Å²) in [4.78, 5) is 0. The molecule has 0 aliphatic carbocycles. The van der Waals surface area contributed by atoms with Crippen LogP contribution in [0.25, 0.3) is 0 Å². The van der Waals surface area contributed by atoms with Gasteiger partial charge in [0.1, 0.15) is 0 Å². The lowest BCUT2D eigenvalue weighted by Crippen LogP contribution is -2.56. The van der Waals surface area contributed by atoms with Gasteiger partial charge in [-0.05, 0) is 53.2 Å². The molecule has 1 aliphatic rings. The topological polar surface area (TPSA) is 6.48 Å². The van der Waals surface area contributed by atoms with Gasteiger partial charge in [0.05, 0.1) is 5.69 Å². The van der Waals surface area contributed by atoms with Gasteiger partial charge in [0.2, 0.25) is 0 Å². The normalized spacial score (nSPS) is 17.4. The van der Waals surface area contributed by atoms with Gasteiger partial charge in [-0.3, -0.25) is 5.01 Å². The Hall–Kier alpha value is -1.02.